The van der Waals surface area contributed by atoms with Gasteiger partial charge in [-0.15, -0.1) is 5.10 Å². The highest BCUT2D eigenvalue weighted by Crippen LogP contribution is 2.15. The molecule has 0 N–H and O–H groups in total. The lowest BCUT2D eigenvalue weighted by atomic mass is 10.3. The second-order valence-corrected chi connectivity index (χ2v) is 3.87. The number of likely N-dealkylation sites (tertiary alicyclic amines) is 1. The van der Waals surface area contributed by atoms with Crippen LogP contribution in [0.5, 0.6) is 5.88 Å². The van der Waals surface area contributed by atoms with Crippen molar-refractivity contribution in [2.24, 2.45) is 0 Å². The molecule has 2 rings (SSSR count). The maximum absolute atomic E-state index is 11.6. The average Bonchev–Trinajstić information content (AvgIpc) is 2.79. The van der Waals surface area contributed by atoms with Gasteiger partial charge in [0.15, 0.2) is 0 Å². The lowest BCUT2D eigenvalue weighted by Gasteiger charge is -2.14. The van der Waals surface area contributed by atoms with E-state index in [1.54, 1.807) is 35.4 Å². The third kappa shape index (κ3) is 3.03. The molecule has 1 fully saturated rings. The number of hydrogen-bond donors (Lipinski definition) is 0. The molecule has 1 saturated heterocycles. The molecule has 1 aromatic heterocycles. The molecule has 2 heterocycles. The predicted octanol–water partition coefficient (Wildman–Crippen LogP) is 1.03. The van der Waals surface area contributed by atoms with E-state index in [0.29, 0.717) is 12.4 Å². The van der Waals surface area contributed by atoms with Gasteiger partial charge in [0.25, 0.3) is 0 Å². The van der Waals surface area contributed by atoms with Crippen LogP contribution in [0.2, 0.25) is 0 Å². The molecule has 1 aliphatic heterocycles. The van der Waals surface area contributed by atoms with Gasteiger partial charge >= 0.3 is 0 Å². The minimum atomic E-state index is 0.0147. The average molecular weight is 233 g/mol. The summed E-state index contributed by atoms with van der Waals surface area (Å²) < 4.78 is 5.64. The Bertz CT molecular complexity index is 405. The van der Waals surface area contributed by atoms with Crippen molar-refractivity contribution in [2.75, 3.05) is 13.1 Å². The van der Waals surface area contributed by atoms with Crippen molar-refractivity contribution in [3.63, 3.8) is 0 Å². The van der Waals surface area contributed by atoms with Crippen LogP contribution in [-0.2, 0) is 4.79 Å². The first kappa shape index (κ1) is 11.6. The maximum atomic E-state index is 11.6. The highest BCUT2D eigenvalue weighted by Gasteiger charge is 2.26. The minimum absolute atomic E-state index is 0.0147. The molecule has 1 aromatic rings. The highest BCUT2D eigenvalue weighted by atomic mass is 16.5. The standard InChI is InChI=1S/C12H15N3O2/c1-2-4-12(16)15-8-6-10(9-15)17-11-5-3-7-13-14-11/h2-5,7,10H,6,8-9H2,1H3/b4-2+/t10-/m1/s1. The number of amides is 1. The molecule has 17 heavy (non-hydrogen) atoms. The fraction of sp³-hybridized carbons (Fsp3) is 0.417. The van der Waals surface area contributed by atoms with E-state index in [4.69, 9.17) is 4.74 Å². The first-order valence-electron chi connectivity index (χ1n) is 5.65. The smallest absolute Gasteiger partial charge is 0.246 e. The van der Waals surface area contributed by atoms with Crippen molar-refractivity contribution in [3.8, 4) is 5.88 Å². The fourth-order valence-electron chi connectivity index (χ4n) is 1.79. The van der Waals surface area contributed by atoms with Gasteiger partial charge in [-0.25, -0.2) is 0 Å². The lowest BCUT2D eigenvalue weighted by molar-refractivity contribution is -0.125. The minimum Gasteiger partial charge on any atom is -0.471 e. The number of carbonyl (C=O) groups excluding carboxylic acids is 1. The van der Waals surface area contributed by atoms with Gasteiger partial charge in [0, 0.05) is 25.2 Å². The van der Waals surface area contributed by atoms with E-state index in [1.807, 2.05) is 6.92 Å². The number of carbonyl (C=O) groups is 1. The summed E-state index contributed by atoms with van der Waals surface area (Å²) in [5.74, 6) is 0.551. The van der Waals surface area contributed by atoms with Crippen LogP contribution in [0.3, 0.4) is 0 Å². The van der Waals surface area contributed by atoms with E-state index < -0.39 is 0 Å². The molecule has 5 nitrogen and oxygen atoms in total. The molecule has 1 aliphatic rings. The fourth-order valence-corrected chi connectivity index (χ4v) is 1.79. The van der Waals surface area contributed by atoms with Gasteiger partial charge in [-0.1, -0.05) is 6.08 Å². The summed E-state index contributed by atoms with van der Waals surface area (Å²) >= 11 is 0. The molecule has 0 spiro atoms. The molecule has 0 saturated carbocycles. The molecular weight excluding hydrogens is 218 g/mol. The van der Waals surface area contributed by atoms with E-state index in [2.05, 4.69) is 10.2 Å². The van der Waals surface area contributed by atoms with Crippen LogP contribution in [0.4, 0.5) is 0 Å². The predicted molar refractivity (Wildman–Crippen MR) is 62.5 cm³/mol. The van der Waals surface area contributed by atoms with Gasteiger partial charge in [0.2, 0.25) is 11.8 Å². The zero-order chi connectivity index (χ0) is 12.1. The Balaban J connectivity index is 1.88. The Morgan fingerprint density at radius 2 is 2.53 bits per heavy atom. The SMILES string of the molecule is C/C=C/C(=O)N1CC[C@@H](Oc2cccnn2)C1. The zero-order valence-electron chi connectivity index (χ0n) is 9.74. The van der Waals surface area contributed by atoms with Crippen LogP contribution in [0.25, 0.3) is 0 Å². The van der Waals surface area contributed by atoms with Crippen molar-refractivity contribution in [3.05, 3.63) is 30.5 Å². The number of nitrogens with zero attached hydrogens (tertiary/aromatic N) is 3. The van der Waals surface area contributed by atoms with Crippen molar-refractivity contribution in [1.82, 2.24) is 15.1 Å². The van der Waals surface area contributed by atoms with Gasteiger partial charge in [0.1, 0.15) is 6.10 Å². The molecule has 0 bridgehead atoms. The van der Waals surface area contributed by atoms with E-state index in [9.17, 15) is 4.79 Å². The van der Waals surface area contributed by atoms with E-state index in [1.165, 1.54) is 0 Å². The molecule has 5 heteroatoms. The van der Waals surface area contributed by atoms with Crippen LogP contribution in [0.15, 0.2) is 30.5 Å². The van der Waals surface area contributed by atoms with Crippen molar-refractivity contribution >= 4 is 5.91 Å². The number of ether oxygens (including phenoxy) is 1. The number of rotatable bonds is 3. The summed E-state index contributed by atoms with van der Waals surface area (Å²) in [6, 6.07) is 3.55. The Morgan fingerprint density at radius 3 is 3.24 bits per heavy atom. The van der Waals surface area contributed by atoms with Crippen molar-refractivity contribution in [2.45, 2.75) is 19.4 Å². The quantitative estimate of drug-likeness (QED) is 0.732. The first-order chi connectivity index (χ1) is 8.29. The van der Waals surface area contributed by atoms with Crippen LogP contribution in [-0.4, -0.2) is 40.2 Å². The van der Waals surface area contributed by atoms with Crippen molar-refractivity contribution in [1.29, 1.82) is 0 Å². The van der Waals surface area contributed by atoms with Crippen LogP contribution < -0.4 is 4.74 Å². The lowest BCUT2D eigenvalue weighted by Crippen LogP contribution is -2.29. The zero-order valence-corrected chi connectivity index (χ0v) is 9.74. The molecule has 1 atom stereocenters. The van der Waals surface area contributed by atoms with Gasteiger partial charge in [-0.05, 0) is 19.1 Å². The van der Waals surface area contributed by atoms with E-state index >= 15 is 0 Å². The molecule has 1 amide bonds. The largest absolute Gasteiger partial charge is 0.471 e. The topological polar surface area (TPSA) is 55.3 Å². The van der Waals surface area contributed by atoms with Gasteiger partial charge in [0.05, 0.1) is 6.54 Å². The Hall–Kier alpha value is -1.91. The Morgan fingerprint density at radius 1 is 1.65 bits per heavy atom. The normalized spacial score (nSPS) is 19.8. The van der Waals surface area contributed by atoms with E-state index in [-0.39, 0.29) is 12.0 Å². The summed E-state index contributed by atoms with van der Waals surface area (Å²) in [4.78, 5) is 13.4. The summed E-state index contributed by atoms with van der Waals surface area (Å²) in [6.07, 6.45) is 5.77. The van der Waals surface area contributed by atoms with Gasteiger partial charge < -0.3 is 9.64 Å². The van der Waals surface area contributed by atoms with Gasteiger partial charge in [-0.3, -0.25) is 4.79 Å². The van der Waals surface area contributed by atoms with Gasteiger partial charge in [-0.2, -0.15) is 5.10 Å². The highest BCUT2D eigenvalue weighted by molar-refractivity contribution is 5.87. The second kappa shape index (κ2) is 5.43. The summed E-state index contributed by atoms with van der Waals surface area (Å²) in [6.45, 7) is 3.18. The molecule has 90 valence electrons. The Labute approximate surface area is 100 Å². The number of hydrogen-bond acceptors (Lipinski definition) is 4. The number of allylic oxidation sites excluding steroid dienone is 1. The maximum Gasteiger partial charge on any atom is 0.246 e. The Kier molecular flexibility index (Phi) is 3.69. The summed E-state index contributed by atoms with van der Waals surface area (Å²) in [5.41, 5.74) is 0. The summed E-state index contributed by atoms with van der Waals surface area (Å²) in [5, 5.41) is 7.60. The molecular formula is C12H15N3O2. The molecule has 0 aliphatic carbocycles. The van der Waals surface area contributed by atoms with Crippen LogP contribution >= 0.6 is 0 Å². The summed E-state index contributed by atoms with van der Waals surface area (Å²) in [7, 11) is 0. The monoisotopic (exact) mass is 233 g/mol. The van der Waals surface area contributed by atoms with Crippen LogP contribution in [0.1, 0.15) is 13.3 Å². The molecule has 0 aromatic carbocycles. The number of aromatic nitrogens is 2. The third-order valence-electron chi connectivity index (χ3n) is 2.60. The van der Waals surface area contributed by atoms with Crippen LogP contribution in [0, 0.1) is 0 Å². The molecule has 0 radical (unpaired) electrons. The third-order valence-corrected chi connectivity index (χ3v) is 2.60. The first-order valence-corrected chi connectivity index (χ1v) is 5.65. The van der Waals surface area contributed by atoms with Crippen molar-refractivity contribution < 1.29 is 9.53 Å². The molecule has 0 unspecified atom stereocenters. The second-order valence-electron chi connectivity index (χ2n) is 3.87. The van der Waals surface area contributed by atoms with E-state index in [0.717, 1.165) is 13.0 Å².